The molecule has 0 saturated carbocycles. The van der Waals surface area contributed by atoms with Crippen LogP contribution in [0.3, 0.4) is 0 Å². The van der Waals surface area contributed by atoms with Crippen molar-refractivity contribution in [3.8, 4) is 6.07 Å². The molecule has 2 aliphatic heterocycles. The summed E-state index contributed by atoms with van der Waals surface area (Å²) in [4.78, 5) is 26.2. The third-order valence-corrected chi connectivity index (χ3v) is 6.75. The molecule has 0 unspecified atom stereocenters. The zero-order chi connectivity index (χ0) is 22.3. The van der Waals surface area contributed by atoms with E-state index in [0.29, 0.717) is 36.3 Å². The van der Waals surface area contributed by atoms with E-state index in [0.717, 1.165) is 50.9 Å². The van der Waals surface area contributed by atoms with Crippen LogP contribution in [0.15, 0.2) is 23.6 Å². The minimum Gasteiger partial charge on any atom is -0.378 e. The molecule has 2 saturated heterocycles. The number of rotatable bonds is 8. The Labute approximate surface area is 193 Å². The van der Waals surface area contributed by atoms with Gasteiger partial charge in [-0.05, 0) is 50.8 Å². The van der Waals surface area contributed by atoms with Gasteiger partial charge in [-0.1, -0.05) is 13.0 Å². The second kappa shape index (κ2) is 10.9. The first-order valence-electron chi connectivity index (χ1n) is 11.4. The fraction of sp³-hybridized carbons (Fsp3) is 0.565. The van der Waals surface area contributed by atoms with Crippen LogP contribution in [0.4, 0.5) is 10.9 Å². The van der Waals surface area contributed by atoms with Crippen molar-refractivity contribution in [3.05, 3.63) is 35.0 Å². The van der Waals surface area contributed by atoms with Gasteiger partial charge in [-0.3, -0.25) is 9.69 Å². The summed E-state index contributed by atoms with van der Waals surface area (Å²) >= 11 is 1.41. The number of likely N-dealkylation sites (tertiary alicyclic amines) is 2. The van der Waals surface area contributed by atoms with Gasteiger partial charge in [0.05, 0.1) is 30.5 Å². The second-order valence-corrected chi connectivity index (χ2v) is 9.12. The Kier molecular flexibility index (Phi) is 7.68. The molecule has 4 heterocycles. The molecule has 9 heteroatoms. The van der Waals surface area contributed by atoms with Crippen LogP contribution < -0.4 is 5.32 Å². The zero-order valence-electron chi connectivity index (χ0n) is 18.5. The van der Waals surface area contributed by atoms with E-state index in [4.69, 9.17) is 15.0 Å². The summed E-state index contributed by atoms with van der Waals surface area (Å²) in [5, 5.41) is 14.8. The molecule has 8 nitrogen and oxygen atoms in total. The highest BCUT2D eigenvalue weighted by molar-refractivity contribution is 7.14. The van der Waals surface area contributed by atoms with Gasteiger partial charge in [0.15, 0.2) is 5.13 Å². The van der Waals surface area contributed by atoms with E-state index in [1.54, 1.807) is 5.38 Å². The predicted octanol–water partition coefficient (Wildman–Crippen LogP) is 3.97. The summed E-state index contributed by atoms with van der Waals surface area (Å²) < 4.78 is 5.82. The maximum atomic E-state index is 12.9. The van der Waals surface area contributed by atoms with E-state index in [9.17, 15) is 4.79 Å². The van der Waals surface area contributed by atoms with Crippen LogP contribution in [0.1, 0.15) is 61.3 Å². The van der Waals surface area contributed by atoms with Gasteiger partial charge >= 0.3 is 0 Å². The van der Waals surface area contributed by atoms with Crippen molar-refractivity contribution in [2.45, 2.75) is 51.2 Å². The van der Waals surface area contributed by atoms with E-state index in [2.05, 4.69) is 28.2 Å². The van der Waals surface area contributed by atoms with Gasteiger partial charge in [0.1, 0.15) is 11.5 Å². The molecule has 4 rings (SSSR count). The number of hydrogen-bond donors (Lipinski definition) is 1. The van der Waals surface area contributed by atoms with Crippen molar-refractivity contribution in [1.82, 2.24) is 19.8 Å². The predicted molar refractivity (Wildman–Crippen MR) is 124 cm³/mol. The number of pyridine rings is 1. The number of carbonyl (C=O) groups excluding carboxylic acids is 1. The summed E-state index contributed by atoms with van der Waals surface area (Å²) in [6.07, 6.45) is 5.11. The van der Waals surface area contributed by atoms with Gasteiger partial charge in [-0.25, -0.2) is 9.97 Å². The van der Waals surface area contributed by atoms with Gasteiger partial charge in [0.25, 0.3) is 5.91 Å². The standard InChI is InChI=1S/C23H30N6O2S/c1-2-15-31-17-8-12-29(13-9-17)22(30)19-16-32-23(26-19)27-21-7-3-5-18(25-21)20-6-4-11-28(20)14-10-24/h3,5,7,16-17,20H,2,4,6,8-9,11-15H2,1H3,(H,25,26,27)/t20-/m0/s1. The lowest BCUT2D eigenvalue weighted by molar-refractivity contribution is 0.00887. The van der Waals surface area contributed by atoms with E-state index < -0.39 is 0 Å². The normalized spacial score (nSPS) is 19.8. The Hall–Kier alpha value is -2.54. The fourth-order valence-electron chi connectivity index (χ4n) is 4.36. The third kappa shape index (κ3) is 5.44. The largest absolute Gasteiger partial charge is 0.378 e. The average molecular weight is 455 g/mol. The Morgan fingerprint density at radius 1 is 1.28 bits per heavy atom. The molecule has 2 aromatic heterocycles. The number of nitrogens with zero attached hydrogens (tertiary/aromatic N) is 5. The average Bonchev–Trinajstić information content (AvgIpc) is 3.48. The molecular weight excluding hydrogens is 424 g/mol. The maximum absolute atomic E-state index is 12.9. The van der Waals surface area contributed by atoms with Gasteiger partial charge < -0.3 is 15.0 Å². The zero-order valence-corrected chi connectivity index (χ0v) is 19.3. The number of thiazole rings is 1. The first-order chi connectivity index (χ1) is 15.7. The van der Waals surface area contributed by atoms with Crippen LogP contribution in [0, 0.1) is 11.3 Å². The number of anilines is 2. The number of nitrogens with one attached hydrogen (secondary N) is 1. The molecule has 1 amide bonds. The molecule has 0 spiro atoms. The smallest absolute Gasteiger partial charge is 0.273 e. The molecule has 0 bridgehead atoms. The monoisotopic (exact) mass is 454 g/mol. The topological polar surface area (TPSA) is 94.4 Å². The number of aromatic nitrogens is 2. The number of amides is 1. The van der Waals surface area contributed by atoms with E-state index in [1.807, 2.05) is 23.1 Å². The summed E-state index contributed by atoms with van der Waals surface area (Å²) in [5.74, 6) is 0.677. The van der Waals surface area contributed by atoms with E-state index in [-0.39, 0.29) is 18.1 Å². The van der Waals surface area contributed by atoms with Crippen molar-refractivity contribution in [2.75, 3.05) is 38.1 Å². The molecule has 1 N–H and O–H groups in total. The van der Waals surface area contributed by atoms with Crippen molar-refractivity contribution >= 4 is 28.2 Å². The lowest BCUT2D eigenvalue weighted by atomic mass is 10.1. The van der Waals surface area contributed by atoms with E-state index >= 15 is 0 Å². The number of piperidine rings is 1. The highest BCUT2D eigenvalue weighted by atomic mass is 32.1. The molecule has 0 aliphatic carbocycles. The molecule has 32 heavy (non-hydrogen) atoms. The maximum Gasteiger partial charge on any atom is 0.273 e. The molecule has 0 aromatic carbocycles. The van der Waals surface area contributed by atoms with Crippen molar-refractivity contribution in [3.63, 3.8) is 0 Å². The first-order valence-corrected chi connectivity index (χ1v) is 12.3. The van der Waals surface area contributed by atoms with Gasteiger partial charge in [-0.2, -0.15) is 5.26 Å². The minimum absolute atomic E-state index is 0.0250. The number of nitriles is 1. The Morgan fingerprint density at radius 3 is 2.91 bits per heavy atom. The lowest BCUT2D eigenvalue weighted by Gasteiger charge is -2.31. The third-order valence-electron chi connectivity index (χ3n) is 5.99. The van der Waals surface area contributed by atoms with Crippen LogP contribution in [0.2, 0.25) is 0 Å². The van der Waals surface area contributed by atoms with Gasteiger partial charge in [-0.15, -0.1) is 11.3 Å². The summed E-state index contributed by atoms with van der Waals surface area (Å²) in [5.41, 5.74) is 1.43. The molecular formula is C23H30N6O2S. The highest BCUT2D eigenvalue weighted by Gasteiger charge is 2.27. The van der Waals surface area contributed by atoms with Crippen molar-refractivity contribution < 1.29 is 9.53 Å². The molecule has 0 radical (unpaired) electrons. The summed E-state index contributed by atoms with van der Waals surface area (Å²) in [6.45, 7) is 5.65. The van der Waals surface area contributed by atoms with Gasteiger partial charge in [0, 0.05) is 25.1 Å². The van der Waals surface area contributed by atoms with Crippen molar-refractivity contribution in [2.24, 2.45) is 0 Å². The lowest BCUT2D eigenvalue weighted by Crippen LogP contribution is -2.41. The van der Waals surface area contributed by atoms with Crippen LogP contribution >= 0.6 is 11.3 Å². The Morgan fingerprint density at radius 2 is 2.12 bits per heavy atom. The van der Waals surface area contributed by atoms with Gasteiger partial charge in [0.2, 0.25) is 0 Å². The molecule has 2 fully saturated rings. The fourth-order valence-corrected chi connectivity index (χ4v) is 5.05. The van der Waals surface area contributed by atoms with E-state index in [1.165, 1.54) is 11.3 Å². The number of hydrogen-bond acceptors (Lipinski definition) is 8. The second-order valence-electron chi connectivity index (χ2n) is 8.26. The highest BCUT2D eigenvalue weighted by Crippen LogP contribution is 2.31. The molecule has 2 aromatic rings. The SMILES string of the molecule is CCCOC1CCN(C(=O)c2csc(Nc3cccc([C@@H]4CCCN4CC#N)n3)n2)CC1. The van der Waals surface area contributed by atoms with Crippen LogP contribution in [-0.4, -0.2) is 64.6 Å². The minimum atomic E-state index is -0.0250. The Balaban J connectivity index is 1.36. The van der Waals surface area contributed by atoms with Crippen LogP contribution in [0.25, 0.3) is 0 Å². The van der Waals surface area contributed by atoms with Crippen LogP contribution in [-0.2, 0) is 4.74 Å². The summed E-state index contributed by atoms with van der Waals surface area (Å²) in [6, 6.07) is 8.30. The number of carbonyl (C=O) groups is 1. The van der Waals surface area contributed by atoms with Crippen LogP contribution in [0.5, 0.6) is 0 Å². The summed E-state index contributed by atoms with van der Waals surface area (Å²) in [7, 11) is 0. The Bertz CT molecular complexity index is 950. The van der Waals surface area contributed by atoms with Crippen molar-refractivity contribution in [1.29, 1.82) is 5.26 Å². The first kappa shape index (κ1) is 22.6. The molecule has 1 atom stereocenters. The number of ether oxygens (including phenoxy) is 1. The molecule has 170 valence electrons. The quantitative estimate of drug-likeness (QED) is 0.603. The molecule has 2 aliphatic rings.